The molecule has 0 saturated heterocycles. The number of rotatable bonds is 6. The van der Waals surface area contributed by atoms with E-state index in [1.807, 2.05) is 66.9 Å². The minimum absolute atomic E-state index is 0.0681. The number of benzene rings is 2. The van der Waals surface area contributed by atoms with Gasteiger partial charge in [0.05, 0.1) is 10.4 Å². The van der Waals surface area contributed by atoms with Crippen molar-refractivity contribution in [3.63, 3.8) is 0 Å². The van der Waals surface area contributed by atoms with Crippen LogP contribution < -0.4 is 10.6 Å². The third-order valence-corrected chi connectivity index (χ3v) is 5.52. The number of carbonyl (C=O) groups is 1. The number of nitrogens with one attached hydrogen (secondary N) is 2. The van der Waals surface area contributed by atoms with Crippen molar-refractivity contribution in [3.8, 4) is 11.4 Å². The lowest BCUT2D eigenvalue weighted by Gasteiger charge is -2.12. The summed E-state index contributed by atoms with van der Waals surface area (Å²) in [5.41, 5.74) is 2.89. The highest BCUT2D eigenvalue weighted by molar-refractivity contribution is 7.12. The molecule has 0 saturated carbocycles. The summed E-state index contributed by atoms with van der Waals surface area (Å²) in [4.78, 5) is 22.2. The van der Waals surface area contributed by atoms with Crippen molar-refractivity contribution < 1.29 is 4.79 Å². The number of fused-ring (bicyclic) bond motifs is 1. The van der Waals surface area contributed by atoms with Crippen LogP contribution in [0.3, 0.4) is 0 Å². The summed E-state index contributed by atoms with van der Waals surface area (Å²) in [5, 5.41) is 9.63. The molecule has 29 heavy (non-hydrogen) atoms. The Labute approximate surface area is 177 Å². The van der Waals surface area contributed by atoms with Crippen LogP contribution in [-0.2, 0) is 0 Å². The first-order valence-corrected chi connectivity index (χ1v) is 10.5. The van der Waals surface area contributed by atoms with E-state index >= 15 is 0 Å². The highest BCUT2D eigenvalue weighted by Gasteiger charge is 2.11. The van der Waals surface area contributed by atoms with E-state index in [4.69, 9.17) is 16.6 Å². The molecule has 0 aliphatic carbocycles. The monoisotopic (exact) mass is 422 g/mol. The molecule has 0 spiro atoms. The summed E-state index contributed by atoms with van der Waals surface area (Å²) < 4.78 is 0. The molecule has 0 bridgehead atoms. The summed E-state index contributed by atoms with van der Waals surface area (Å²) in [7, 11) is 0. The van der Waals surface area contributed by atoms with Gasteiger partial charge in [-0.05, 0) is 36.6 Å². The van der Waals surface area contributed by atoms with Crippen molar-refractivity contribution in [3.05, 3.63) is 75.4 Å². The largest absolute Gasteiger partial charge is 0.368 e. The van der Waals surface area contributed by atoms with Crippen LogP contribution in [0.5, 0.6) is 0 Å². The summed E-state index contributed by atoms with van der Waals surface area (Å²) in [6.07, 6.45) is 0. The van der Waals surface area contributed by atoms with Crippen LogP contribution in [0.15, 0.2) is 60.0 Å². The Hall–Kier alpha value is -2.96. The lowest BCUT2D eigenvalue weighted by atomic mass is 10.1. The molecule has 4 aromatic rings. The number of anilines is 1. The van der Waals surface area contributed by atoms with Crippen LogP contribution in [-0.4, -0.2) is 29.0 Å². The number of halogens is 1. The Kier molecular flexibility index (Phi) is 5.74. The van der Waals surface area contributed by atoms with E-state index in [0.717, 1.165) is 16.5 Å². The molecule has 5 nitrogen and oxygen atoms in total. The number of hydrogen-bond acceptors (Lipinski definition) is 5. The van der Waals surface area contributed by atoms with Crippen molar-refractivity contribution in [1.29, 1.82) is 0 Å². The molecular formula is C22H19ClN4OS. The Balaban J connectivity index is 1.55. The second-order valence-corrected chi connectivity index (χ2v) is 7.97. The summed E-state index contributed by atoms with van der Waals surface area (Å²) >= 11 is 7.60. The zero-order valence-corrected chi connectivity index (χ0v) is 17.3. The zero-order valence-electron chi connectivity index (χ0n) is 15.8. The molecular weight excluding hydrogens is 404 g/mol. The summed E-state index contributed by atoms with van der Waals surface area (Å²) in [6, 6.07) is 17.3. The first-order chi connectivity index (χ1) is 14.1. The van der Waals surface area contributed by atoms with E-state index in [9.17, 15) is 4.79 Å². The Bertz CT molecular complexity index is 1140. The van der Waals surface area contributed by atoms with Crippen LogP contribution >= 0.6 is 22.9 Å². The first kappa shape index (κ1) is 19.4. The van der Waals surface area contributed by atoms with E-state index < -0.39 is 0 Å². The second-order valence-electron chi connectivity index (χ2n) is 6.58. The van der Waals surface area contributed by atoms with E-state index in [2.05, 4.69) is 15.6 Å². The molecule has 4 rings (SSSR count). The smallest absolute Gasteiger partial charge is 0.261 e. The normalized spacial score (nSPS) is 10.8. The number of aromatic nitrogens is 2. The Morgan fingerprint density at radius 2 is 1.90 bits per heavy atom. The van der Waals surface area contributed by atoms with Gasteiger partial charge in [-0.25, -0.2) is 9.97 Å². The third kappa shape index (κ3) is 4.55. The lowest BCUT2D eigenvalue weighted by molar-refractivity contribution is 0.0959. The number of hydrogen-bond donors (Lipinski definition) is 2. The quantitative estimate of drug-likeness (QED) is 0.421. The molecule has 2 aromatic heterocycles. The van der Waals surface area contributed by atoms with Gasteiger partial charge in [-0.1, -0.05) is 47.5 Å². The van der Waals surface area contributed by atoms with Crippen LogP contribution in [0, 0.1) is 6.92 Å². The molecule has 0 atom stereocenters. The number of carbonyl (C=O) groups excluding carboxylic acids is 1. The zero-order chi connectivity index (χ0) is 20.2. The SMILES string of the molecule is Cc1ccc(-c2nc(NCCNC(=O)c3cccs3)c3ccc(Cl)cc3n2)cc1. The molecule has 2 N–H and O–H groups in total. The van der Waals surface area contributed by atoms with E-state index in [-0.39, 0.29) is 5.91 Å². The van der Waals surface area contributed by atoms with Gasteiger partial charge in [0.15, 0.2) is 5.82 Å². The molecule has 146 valence electrons. The van der Waals surface area contributed by atoms with Gasteiger partial charge >= 0.3 is 0 Å². The fourth-order valence-corrected chi connectivity index (χ4v) is 3.73. The van der Waals surface area contributed by atoms with Gasteiger partial charge in [-0.2, -0.15) is 0 Å². The van der Waals surface area contributed by atoms with Crippen molar-refractivity contribution in [1.82, 2.24) is 15.3 Å². The van der Waals surface area contributed by atoms with Crippen molar-refractivity contribution in [2.24, 2.45) is 0 Å². The molecule has 0 aliphatic rings. The highest BCUT2D eigenvalue weighted by atomic mass is 35.5. The molecule has 1 amide bonds. The third-order valence-electron chi connectivity index (χ3n) is 4.42. The molecule has 0 unspecified atom stereocenters. The average molecular weight is 423 g/mol. The maximum absolute atomic E-state index is 12.1. The molecule has 2 heterocycles. The molecule has 7 heteroatoms. The minimum Gasteiger partial charge on any atom is -0.368 e. The van der Waals surface area contributed by atoms with Crippen molar-refractivity contribution in [2.45, 2.75) is 6.92 Å². The number of thiophene rings is 1. The van der Waals surface area contributed by atoms with Crippen LogP contribution in [0.25, 0.3) is 22.3 Å². The molecule has 2 aromatic carbocycles. The summed E-state index contributed by atoms with van der Waals surface area (Å²) in [5.74, 6) is 1.28. The molecule has 0 radical (unpaired) electrons. The van der Waals surface area contributed by atoms with Gasteiger partial charge in [0.1, 0.15) is 5.82 Å². The van der Waals surface area contributed by atoms with E-state index in [1.165, 1.54) is 16.9 Å². The maximum atomic E-state index is 12.1. The van der Waals surface area contributed by atoms with Gasteiger partial charge in [0, 0.05) is 29.1 Å². The van der Waals surface area contributed by atoms with Gasteiger partial charge in [0.2, 0.25) is 0 Å². The van der Waals surface area contributed by atoms with Crippen LogP contribution in [0.4, 0.5) is 5.82 Å². The maximum Gasteiger partial charge on any atom is 0.261 e. The van der Waals surface area contributed by atoms with Gasteiger partial charge in [0.25, 0.3) is 5.91 Å². The lowest BCUT2D eigenvalue weighted by Crippen LogP contribution is -2.28. The highest BCUT2D eigenvalue weighted by Crippen LogP contribution is 2.27. The number of aryl methyl sites for hydroxylation is 1. The molecule has 0 fully saturated rings. The van der Waals surface area contributed by atoms with E-state index in [1.54, 1.807) is 0 Å². The van der Waals surface area contributed by atoms with Crippen LogP contribution in [0.1, 0.15) is 15.2 Å². The topological polar surface area (TPSA) is 66.9 Å². The Morgan fingerprint density at radius 3 is 2.66 bits per heavy atom. The fraction of sp³-hybridized carbons (Fsp3) is 0.136. The van der Waals surface area contributed by atoms with Gasteiger partial charge < -0.3 is 10.6 Å². The first-order valence-electron chi connectivity index (χ1n) is 9.20. The van der Waals surface area contributed by atoms with Gasteiger partial charge in [-0.15, -0.1) is 11.3 Å². The predicted molar refractivity (Wildman–Crippen MR) is 120 cm³/mol. The molecule has 0 aliphatic heterocycles. The average Bonchev–Trinajstić information content (AvgIpc) is 3.26. The number of amides is 1. The predicted octanol–water partition coefficient (Wildman–Crippen LogP) is 5.16. The standard InChI is InChI=1S/C22H19ClN4OS/c1-14-4-6-15(7-5-14)20-26-18-13-16(23)8-9-17(18)21(27-20)24-10-11-25-22(28)19-3-2-12-29-19/h2-9,12-13H,10-11H2,1H3,(H,25,28)(H,24,26,27). The fourth-order valence-electron chi connectivity index (χ4n) is 2.92. The van der Waals surface area contributed by atoms with Gasteiger partial charge in [-0.3, -0.25) is 4.79 Å². The Morgan fingerprint density at radius 1 is 1.07 bits per heavy atom. The van der Waals surface area contributed by atoms with E-state index in [0.29, 0.717) is 34.6 Å². The number of nitrogens with zero attached hydrogens (tertiary/aromatic N) is 2. The summed E-state index contributed by atoms with van der Waals surface area (Å²) in [6.45, 7) is 3.07. The van der Waals surface area contributed by atoms with Crippen molar-refractivity contribution >= 4 is 45.6 Å². The van der Waals surface area contributed by atoms with Crippen molar-refractivity contribution in [2.75, 3.05) is 18.4 Å². The second kappa shape index (κ2) is 8.59. The van der Waals surface area contributed by atoms with Crippen LogP contribution in [0.2, 0.25) is 5.02 Å². The minimum atomic E-state index is -0.0681.